The minimum atomic E-state index is -1.03. The molecule has 0 aliphatic carbocycles. The number of aliphatic hydroxyl groups is 2. The predicted octanol–water partition coefficient (Wildman–Crippen LogP) is 0.853. The van der Waals surface area contributed by atoms with Gasteiger partial charge in [-0.25, -0.2) is 4.79 Å². The summed E-state index contributed by atoms with van der Waals surface area (Å²) >= 11 is 0. The number of esters is 1. The van der Waals surface area contributed by atoms with Crippen LogP contribution in [0, 0.1) is 0 Å². The SMILES string of the molecule is CCCCCCC(O)C(=O)OCCO. The number of rotatable bonds is 8. The van der Waals surface area contributed by atoms with Gasteiger partial charge in [-0.1, -0.05) is 32.6 Å². The molecule has 0 aliphatic heterocycles. The Morgan fingerprint density at radius 2 is 2.07 bits per heavy atom. The fourth-order valence-electron chi connectivity index (χ4n) is 1.12. The van der Waals surface area contributed by atoms with Crippen molar-refractivity contribution >= 4 is 5.97 Å². The number of hydrogen-bond donors (Lipinski definition) is 2. The molecule has 4 heteroatoms. The Labute approximate surface area is 84.9 Å². The van der Waals surface area contributed by atoms with Gasteiger partial charge in [-0.3, -0.25) is 0 Å². The van der Waals surface area contributed by atoms with Gasteiger partial charge in [-0.05, 0) is 6.42 Å². The lowest BCUT2D eigenvalue weighted by atomic mass is 10.1. The molecule has 14 heavy (non-hydrogen) atoms. The second-order valence-electron chi connectivity index (χ2n) is 3.26. The maximum absolute atomic E-state index is 11.0. The molecule has 0 amide bonds. The molecule has 0 radical (unpaired) electrons. The van der Waals surface area contributed by atoms with E-state index in [1.807, 2.05) is 0 Å². The smallest absolute Gasteiger partial charge is 0.335 e. The Morgan fingerprint density at radius 3 is 2.64 bits per heavy atom. The zero-order valence-electron chi connectivity index (χ0n) is 8.74. The van der Waals surface area contributed by atoms with Gasteiger partial charge in [0.2, 0.25) is 0 Å². The Bertz CT molecular complexity index is 147. The lowest BCUT2D eigenvalue weighted by Crippen LogP contribution is -2.24. The first-order valence-corrected chi connectivity index (χ1v) is 5.18. The molecule has 4 nitrogen and oxygen atoms in total. The second-order valence-corrected chi connectivity index (χ2v) is 3.26. The maximum atomic E-state index is 11.0. The van der Waals surface area contributed by atoms with Crippen LogP contribution < -0.4 is 0 Å². The first-order valence-electron chi connectivity index (χ1n) is 5.18. The van der Waals surface area contributed by atoms with Crippen molar-refractivity contribution < 1.29 is 19.7 Å². The number of carbonyl (C=O) groups excluding carboxylic acids is 1. The van der Waals surface area contributed by atoms with E-state index >= 15 is 0 Å². The average molecular weight is 204 g/mol. The summed E-state index contributed by atoms with van der Waals surface area (Å²) in [6, 6.07) is 0. The Hall–Kier alpha value is -0.610. The minimum absolute atomic E-state index is 0.0369. The molecule has 0 saturated heterocycles. The second kappa shape index (κ2) is 8.97. The van der Waals surface area contributed by atoms with Crippen molar-refractivity contribution in [3.8, 4) is 0 Å². The van der Waals surface area contributed by atoms with Gasteiger partial charge >= 0.3 is 5.97 Å². The fourth-order valence-corrected chi connectivity index (χ4v) is 1.12. The third-order valence-electron chi connectivity index (χ3n) is 1.94. The molecule has 84 valence electrons. The van der Waals surface area contributed by atoms with Crippen molar-refractivity contribution in [2.45, 2.75) is 45.1 Å². The molecule has 1 unspecified atom stereocenters. The molecule has 0 bridgehead atoms. The lowest BCUT2D eigenvalue weighted by Gasteiger charge is -2.09. The normalized spacial score (nSPS) is 12.5. The van der Waals surface area contributed by atoms with Crippen LogP contribution >= 0.6 is 0 Å². The van der Waals surface area contributed by atoms with Crippen LogP contribution in [0.2, 0.25) is 0 Å². The van der Waals surface area contributed by atoms with E-state index in [1.165, 1.54) is 0 Å². The molecule has 0 aromatic heterocycles. The van der Waals surface area contributed by atoms with Crippen molar-refractivity contribution in [2.24, 2.45) is 0 Å². The van der Waals surface area contributed by atoms with E-state index in [-0.39, 0.29) is 13.2 Å². The van der Waals surface area contributed by atoms with Crippen molar-refractivity contribution in [3.05, 3.63) is 0 Å². The van der Waals surface area contributed by atoms with E-state index in [4.69, 9.17) is 5.11 Å². The number of carbonyl (C=O) groups is 1. The molecule has 0 spiro atoms. The van der Waals surface area contributed by atoms with E-state index in [2.05, 4.69) is 11.7 Å². The van der Waals surface area contributed by atoms with Gasteiger partial charge in [0.25, 0.3) is 0 Å². The van der Waals surface area contributed by atoms with Crippen LogP contribution in [0.15, 0.2) is 0 Å². The van der Waals surface area contributed by atoms with Gasteiger partial charge in [0.05, 0.1) is 6.61 Å². The van der Waals surface area contributed by atoms with E-state index < -0.39 is 12.1 Å². The van der Waals surface area contributed by atoms with Gasteiger partial charge in [0.1, 0.15) is 6.61 Å². The highest BCUT2D eigenvalue weighted by molar-refractivity contribution is 5.74. The van der Waals surface area contributed by atoms with Crippen LogP contribution in [0.5, 0.6) is 0 Å². The average Bonchev–Trinajstić information content (AvgIpc) is 2.20. The summed E-state index contributed by atoms with van der Waals surface area (Å²) in [6.45, 7) is 1.87. The topological polar surface area (TPSA) is 66.8 Å². The number of aliphatic hydroxyl groups excluding tert-OH is 2. The lowest BCUT2D eigenvalue weighted by molar-refractivity contribution is -0.154. The molecule has 0 heterocycles. The number of ether oxygens (including phenoxy) is 1. The standard InChI is InChI=1S/C10H20O4/c1-2-3-4-5-6-9(12)10(13)14-8-7-11/h9,11-12H,2-8H2,1H3. The highest BCUT2D eigenvalue weighted by atomic mass is 16.6. The summed E-state index contributed by atoms with van der Waals surface area (Å²) in [5.41, 5.74) is 0. The molecule has 0 aromatic carbocycles. The minimum Gasteiger partial charge on any atom is -0.461 e. The molecule has 2 N–H and O–H groups in total. The number of hydrogen-bond acceptors (Lipinski definition) is 4. The summed E-state index contributed by atoms with van der Waals surface area (Å²) in [5, 5.41) is 17.7. The molecule has 1 atom stereocenters. The monoisotopic (exact) mass is 204 g/mol. The highest BCUT2D eigenvalue weighted by Crippen LogP contribution is 2.06. The zero-order valence-corrected chi connectivity index (χ0v) is 8.74. The Morgan fingerprint density at radius 1 is 1.36 bits per heavy atom. The van der Waals surface area contributed by atoms with Crippen LogP contribution in [-0.4, -0.2) is 35.5 Å². The van der Waals surface area contributed by atoms with Crippen LogP contribution in [-0.2, 0) is 9.53 Å². The quantitative estimate of drug-likeness (QED) is 0.454. The summed E-state index contributed by atoms with van der Waals surface area (Å²) in [6.07, 6.45) is 3.54. The van der Waals surface area contributed by atoms with Crippen molar-refractivity contribution in [3.63, 3.8) is 0 Å². The Kier molecular flexibility index (Phi) is 8.57. The summed E-state index contributed by atoms with van der Waals surface area (Å²) in [7, 11) is 0. The van der Waals surface area contributed by atoms with Crippen LogP contribution in [0.3, 0.4) is 0 Å². The largest absolute Gasteiger partial charge is 0.461 e. The first kappa shape index (κ1) is 13.4. The van der Waals surface area contributed by atoms with Gasteiger partial charge < -0.3 is 14.9 Å². The molecule has 0 rings (SSSR count). The van der Waals surface area contributed by atoms with Gasteiger partial charge in [-0.15, -0.1) is 0 Å². The summed E-state index contributed by atoms with van der Waals surface area (Å²) in [4.78, 5) is 11.0. The van der Waals surface area contributed by atoms with Crippen LogP contribution in [0.25, 0.3) is 0 Å². The van der Waals surface area contributed by atoms with Crippen molar-refractivity contribution in [2.75, 3.05) is 13.2 Å². The molecule has 0 saturated carbocycles. The maximum Gasteiger partial charge on any atom is 0.335 e. The Balaban J connectivity index is 3.42. The summed E-state index contributed by atoms with van der Waals surface area (Å²) in [5.74, 6) is -0.629. The molecular formula is C10H20O4. The van der Waals surface area contributed by atoms with E-state index in [0.29, 0.717) is 6.42 Å². The fraction of sp³-hybridized carbons (Fsp3) is 0.900. The van der Waals surface area contributed by atoms with Gasteiger partial charge in [0.15, 0.2) is 6.10 Å². The van der Waals surface area contributed by atoms with E-state index in [1.54, 1.807) is 0 Å². The van der Waals surface area contributed by atoms with Crippen LogP contribution in [0.4, 0.5) is 0 Å². The van der Waals surface area contributed by atoms with Crippen LogP contribution in [0.1, 0.15) is 39.0 Å². The number of unbranched alkanes of at least 4 members (excludes halogenated alkanes) is 3. The zero-order chi connectivity index (χ0) is 10.8. The van der Waals surface area contributed by atoms with Crippen molar-refractivity contribution in [1.82, 2.24) is 0 Å². The highest BCUT2D eigenvalue weighted by Gasteiger charge is 2.15. The van der Waals surface area contributed by atoms with E-state index in [9.17, 15) is 9.90 Å². The summed E-state index contributed by atoms with van der Waals surface area (Å²) < 4.78 is 4.57. The molecule has 0 aromatic rings. The van der Waals surface area contributed by atoms with Gasteiger partial charge in [-0.2, -0.15) is 0 Å². The molecule has 0 aliphatic rings. The van der Waals surface area contributed by atoms with Gasteiger partial charge in [0, 0.05) is 0 Å². The van der Waals surface area contributed by atoms with Crippen molar-refractivity contribution in [1.29, 1.82) is 0 Å². The molecular weight excluding hydrogens is 184 g/mol. The van der Waals surface area contributed by atoms with E-state index in [0.717, 1.165) is 25.7 Å². The first-order chi connectivity index (χ1) is 6.72. The third-order valence-corrected chi connectivity index (χ3v) is 1.94. The predicted molar refractivity (Wildman–Crippen MR) is 52.8 cm³/mol. The third kappa shape index (κ3) is 6.86. The molecule has 0 fully saturated rings.